The molecule has 0 aliphatic rings. The number of unbranched alkanes of at least 4 members (excludes halogenated alkanes) is 4. The van der Waals surface area contributed by atoms with Gasteiger partial charge in [0.25, 0.3) is 0 Å². The van der Waals surface area contributed by atoms with E-state index in [4.69, 9.17) is 9.98 Å². The second-order valence-corrected chi connectivity index (χ2v) is 9.41. The zero-order chi connectivity index (χ0) is 26.2. The molecule has 0 N–H and O–H groups in total. The molecular formula is C32H50N4Ni. The van der Waals surface area contributed by atoms with Crippen molar-refractivity contribution in [2.24, 2.45) is 9.98 Å². The predicted molar refractivity (Wildman–Crippen MR) is 162 cm³/mol. The van der Waals surface area contributed by atoms with E-state index in [9.17, 15) is 0 Å². The minimum Gasteiger partial charge on any atom is -0.372 e. The van der Waals surface area contributed by atoms with Crippen molar-refractivity contribution in [3.8, 4) is 0 Å². The Balaban J connectivity index is 0.00000684. The van der Waals surface area contributed by atoms with Gasteiger partial charge in [-0.3, -0.25) is 9.98 Å². The van der Waals surface area contributed by atoms with E-state index < -0.39 is 0 Å². The summed E-state index contributed by atoms with van der Waals surface area (Å²) in [4.78, 5) is 15.1. The van der Waals surface area contributed by atoms with Gasteiger partial charge in [-0.1, -0.05) is 39.5 Å². The van der Waals surface area contributed by atoms with E-state index in [1.54, 1.807) is 0 Å². The summed E-state index contributed by atoms with van der Waals surface area (Å²) in [5.41, 5.74) is 6.87. The number of aliphatic imine (C=N–C) groups is 2. The monoisotopic (exact) mass is 548 g/mol. The largest absolute Gasteiger partial charge is 0.372 e. The first-order valence-electron chi connectivity index (χ1n) is 14.4. The normalized spacial score (nSPS) is 11.8. The van der Waals surface area contributed by atoms with Gasteiger partial charge in [-0.05, 0) is 102 Å². The van der Waals surface area contributed by atoms with Crippen molar-refractivity contribution in [1.82, 2.24) is 0 Å². The molecule has 0 atom stereocenters. The first-order valence-corrected chi connectivity index (χ1v) is 14.4. The van der Waals surface area contributed by atoms with Gasteiger partial charge in [0, 0.05) is 54.0 Å². The van der Waals surface area contributed by atoms with Gasteiger partial charge in [0.05, 0.1) is 22.8 Å². The van der Waals surface area contributed by atoms with Gasteiger partial charge >= 0.3 is 0 Å². The Kier molecular flexibility index (Phi) is 16.9. The Morgan fingerprint density at radius 2 is 0.892 bits per heavy atom. The average molecular weight is 549 g/mol. The second-order valence-electron chi connectivity index (χ2n) is 9.41. The standard InChI is InChI=1S/C32H50N4.Ni/c1-7-13-15-16-18-32(34-28-21-25-30(26-22-28)36(11-5)12-6)31(17-14-8-2)33-27-19-23-29(24-20-27)35(9-3)10-4;/h19-26H,7-18H2,1-6H3;. The van der Waals surface area contributed by atoms with Crippen LogP contribution in [0.2, 0.25) is 0 Å². The molecular weight excluding hydrogens is 499 g/mol. The van der Waals surface area contributed by atoms with Crippen LogP contribution in [0.25, 0.3) is 0 Å². The van der Waals surface area contributed by atoms with Crippen molar-refractivity contribution in [1.29, 1.82) is 0 Å². The number of benzene rings is 2. The van der Waals surface area contributed by atoms with Gasteiger partial charge in [0.2, 0.25) is 0 Å². The molecule has 0 aliphatic carbocycles. The van der Waals surface area contributed by atoms with Gasteiger partial charge < -0.3 is 9.80 Å². The summed E-state index contributed by atoms with van der Waals surface area (Å²) >= 11 is 0. The topological polar surface area (TPSA) is 31.2 Å². The van der Waals surface area contributed by atoms with Crippen LogP contribution in [-0.4, -0.2) is 37.6 Å². The van der Waals surface area contributed by atoms with E-state index in [1.165, 1.54) is 30.6 Å². The molecule has 0 radical (unpaired) electrons. The smallest absolute Gasteiger partial charge is 0.0635 e. The van der Waals surface area contributed by atoms with Crippen molar-refractivity contribution >= 4 is 34.2 Å². The Bertz CT molecular complexity index is 911. The van der Waals surface area contributed by atoms with Crippen molar-refractivity contribution in [2.75, 3.05) is 36.0 Å². The maximum Gasteiger partial charge on any atom is 0.0635 e. The van der Waals surface area contributed by atoms with Crippen LogP contribution >= 0.6 is 0 Å². The Labute approximate surface area is 237 Å². The minimum atomic E-state index is 0. The molecule has 5 heteroatoms. The molecule has 208 valence electrons. The molecule has 0 aromatic heterocycles. The number of nitrogens with zero attached hydrogens (tertiary/aromatic N) is 4. The summed E-state index contributed by atoms with van der Waals surface area (Å²) in [6.45, 7) is 17.4. The van der Waals surface area contributed by atoms with Crippen LogP contribution in [0.4, 0.5) is 22.7 Å². The van der Waals surface area contributed by atoms with Crippen LogP contribution in [0.5, 0.6) is 0 Å². The molecule has 0 unspecified atom stereocenters. The number of hydrogen-bond donors (Lipinski definition) is 0. The maximum absolute atomic E-state index is 5.19. The van der Waals surface area contributed by atoms with Gasteiger partial charge in [-0.15, -0.1) is 0 Å². The zero-order valence-electron chi connectivity index (χ0n) is 24.2. The number of anilines is 2. The van der Waals surface area contributed by atoms with Crippen LogP contribution in [0.1, 0.15) is 92.9 Å². The van der Waals surface area contributed by atoms with Crippen LogP contribution < -0.4 is 9.80 Å². The van der Waals surface area contributed by atoms with Crippen molar-refractivity contribution in [3.63, 3.8) is 0 Å². The second kappa shape index (κ2) is 19.0. The van der Waals surface area contributed by atoms with Gasteiger partial charge in [0.1, 0.15) is 0 Å². The van der Waals surface area contributed by atoms with Gasteiger partial charge in [-0.2, -0.15) is 0 Å². The third kappa shape index (κ3) is 11.0. The summed E-state index contributed by atoms with van der Waals surface area (Å²) in [6.07, 6.45) is 9.17. The Morgan fingerprint density at radius 1 is 0.514 bits per heavy atom. The summed E-state index contributed by atoms with van der Waals surface area (Å²) in [5.74, 6) is 0. The number of rotatable bonds is 17. The molecule has 0 fully saturated rings. The van der Waals surface area contributed by atoms with Gasteiger partial charge in [0.15, 0.2) is 0 Å². The zero-order valence-corrected chi connectivity index (χ0v) is 25.2. The Hall–Kier alpha value is -2.13. The fourth-order valence-corrected chi connectivity index (χ4v) is 4.56. The summed E-state index contributed by atoms with van der Waals surface area (Å²) in [7, 11) is 0. The van der Waals surface area contributed by atoms with E-state index in [-0.39, 0.29) is 16.5 Å². The van der Waals surface area contributed by atoms with Gasteiger partial charge in [-0.25, -0.2) is 0 Å². The maximum atomic E-state index is 5.19. The summed E-state index contributed by atoms with van der Waals surface area (Å²) in [6, 6.07) is 17.5. The van der Waals surface area contributed by atoms with E-state index in [0.29, 0.717) is 0 Å². The first kappa shape index (κ1) is 32.9. The molecule has 0 bridgehead atoms. The number of hydrogen-bond acceptors (Lipinski definition) is 4. The van der Waals surface area contributed by atoms with Crippen LogP contribution in [-0.2, 0) is 16.5 Å². The Morgan fingerprint density at radius 3 is 1.24 bits per heavy atom. The van der Waals surface area contributed by atoms with Crippen molar-refractivity contribution < 1.29 is 16.5 Å². The fourth-order valence-electron chi connectivity index (χ4n) is 4.56. The van der Waals surface area contributed by atoms with Crippen LogP contribution in [0, 0.1) is 0 Å². The quantitative estimate of drug-likeness (QED) is 0.112. The molecule has 2 aromatic rings. The third-order valence-electron chi connectivity index (χ3n) is 6.85. The van der Waals surface area contributed by atoms with Crippen molar-refractivity contribution in [2.45, 2.75) is 92.9 Å². The molecule has 0 spiro atoms. The minimum absolute atomic E-state index is 0. The molecule has 0 saturated heterocycles. The van der Waals surface area contributed by atoms with Crippen molar-refractivity contribution in [3.05, 3.63) is 48.5 Å². The molecule has 4 nitrogen and oxygen atoms in total. The van der Waals surface area contributed by atoms with Crippen LogP contribution in [0.3, 0.4) is 0 Å². The fraction of sp³-hybridized carbons (Fsp3) is 0.562. The third-order valence-corrected chi connectivity index (χ3v) is 6.85. The molecule has 0 saturated carbocycles. The molecule has 0 amide bonds. The molecule has 2 rings (SSSR count). The predicted octanol–water partition coefficient (Wildman–Crippen LogP) is 9.38. The SMILES string of the molecule is CCCCCCC(=Nc1ccc(N(CC)CC)cc1)C(CCCC)=Nc1ccc(N(CC)CC)cc1.[Ni]. The summed E-state index contributed by atoms with van der Waals surface area (Å²) in [5, 5.41) is 0. The molecule has 2 aromatic carbocycles. The molecule has 0 aliphatic heterocycles. The molecule has 0 heterocycles. The summed E-state index contributed by atoms with van der Waals surface area (Å²) < 4.78 is 0. The van der Waals surface area contributed by atoms with Crippen LogP contribution in [0.15, 0.2) is 58.5 Å². The average Bonchev–Trinajstić information content (AvgIpc) is 2.91. The van der Waals surface area contributed by atoms with E-state index in [0.717, 1.165) is 81.1 Å². The van der Waals surface area contributed by atoms with E-state index in [2.05, 4.69) is 99.9 Å². The molecule has 37 heavy (non-hydrogen) atoms. The van der Waals surface area contributed by atoms with E-state index in [1.807, 2.05) is 0 Å². The first-order chi connectivity index (χ1) is 17.6. The van der Waals surface area contributed by atoms with E-state index >= 15 is 0 Å².